The molecule has 2 unspecified atom stereocenters. The van der Waals surface area contributed by atoms with Gasteiger partial charge in [0.25, 0.3) is 0 Å². The van der Waals surface area contributed by atoms with Gasteiger partial charge in [-0.15, -0.1) is 0 Å². The average Bonchev–Trinajstić information content (AvgIpc) is 2.49. The van der Waals surface area contributed by atoms with Gasteiger partial charge in [-0.2, -0.15) is 0 Å². The highest BCUT2D eigenvalue weighted by atomic mass is 16.4. The van der Waals surface area contributed by atoms with E-state index in [1.54, 1.807) is 0 Å². The number of aliphatic carboxylic acids is 1. The van der Waals surface area contributed by atoms with Crippen LogP contribution in [-0.4, -0.2) is 24.2 Å². The molecule has 0 fully saturated rings. The third kappa shape index (κ3) is 3.01. The van der Waals surface area contributed by atoms with E-state index in [0.717, 1.165) is 17.5 Å². The molecule has 0 heterocycles. The number of carbonyl (C=O) groups is 1. The topological polar surface area (TPSA) is 98.1 Å². The summed E-state index contributed by atoms with van der Waals surface area (Å²) in [6.07, 6.45) is 2.03. The quantitative estimate of drug-likeness (QED) is 0.364. The summed E-state index contributed by atoms with van der Waals surface area (Å²) in [7, 11) is 0. The first-order valence-electron chi connectivity index (χ1n) is 7.20. The number of carboxylic acid groups (broad SMARTS) is 1. The lowest BCUT2D eigenvalue weighted by atomic mass is 9.72. The normalized spacial score (nSPS) is 24.0. The Bertz CT molecular complexity index is 569. The molecule has 1 aliphatic carbocycles. The lowest BCUT2D eigenvalue weighted by Gasteiger charge is -2.39. The minimum Gasteiger partial charge on any atom is -0.480 e. The first-order chi connectivity index (χ1) is 10.1. The molecule has 0 saturated heterocycles. The van der Waals surface area contributed by atoms with Crippen LogP contribution in [0.1, 0.15) is 43.2 Å². The van der Waals surface area contributed by atoms with Crippen molar-refractivity contribution in [1.82, 2.24) is 5.32 Å². The summed E-state index contributed by atoms with van der Waals surface area (Å²) in [5.74, 6) is -0.468. The van der Waals surface area contributed by atoms with Crippen LogP contribution < -0.4 is 5.32 Å². The molecule has 2 rings (SSSR count). The fraction of sp³-hybridized carbons (Fsp3) is 0.533. The third-order valence-corrected chi connectivity index (χ3v) is 4.19. The highest BCUT2D eigenvalue weighted by molar-refractivity contribution is 5.82. The minimum atomic E-state index is -1.03. The first kappa shape index (κ1) is 15.4. The number of nitrogens with zero attached hydrogens (tertiary/aromatic N) is 3. The van der Waals surface area contributed by atoms with Gasteiger partial charge in [0.05, 0.1) is 0 Å². The van der Waals surface area contributed by atoms with Crippen molar-refractivity contribution in [3.63, 3.8) is 0 Å². The summed E-state index contributed by atoms with van der Waals surface area (Å²) in [6.45, 7) is 3.01. The highest BCUT2D eigenvalue weighted by Gasteiger charge is 2.44. The largest absolute Gasteiger partial charge is 0.480 e. The maximum atomic E-state index is 11.9. The first-order valence-corrected chi connectivity index (χ1v) is 7.20. The summed E-state index contributed by atoms with van der Waals surface area (Å²) in [5.41, 5.74) is 9.19. The maximum absolute atomic E-state index is 11.9. The van der Waals surface area contributed by atoms with Crippen LogP contribution in [-0.2, 0) is 10.3 Å². The summed E-state index contributed by atoms with van der Waals surface area (Å²) >= 11 is 0. The van der Waals surface area contributed by atoms with Gasteiger partial charge in [0.1, 0.15) is 5.54 Å². The third-order valence-electron chi connectivity index (χ3n) is 4.19. The molecular weight excluding hydrogens is 268 g/mol. The molecule has 1 aromatic carbocycles. The van der Waals surface area contributed by atoms with E-state index < -0.39 is 11.5 Å². The standard InChI is InChI=1S/C15H20N4O2/c1-11-7-8-15(14(20)21,17-9-4-10-18-19-16)13-6-3-2-5-12(11)13/h2-3,5-6,11,17H,4,7-10H2,1H3,(H,20,21). The molecule has 0 aromatic heterocycles. The van der Waals surface area contributed by atoms with Crippen molar-refractivity contribution in [1.29, 1.82) is 0 Å². The number of carboxylic acids is 1. The molecule has 0 radical (unpaired) electrons. The van der Waals surface area contributed by atoms with Crippen molar-refractivity contribution in [2.75, 3.05) is 13.1 Å². The molecule has 1 aliphatic rings. The number of fused-ring (bicyclic) bond motifs is 1. The molecule has 6 heteroatoms. The van der Waals surface area contributed by atoms with Gasteiger partial charge in [-0.1, -0.05) is 36.3 Å². The summed E-state index contributed by atoms with van der Waals surface area (Å²) in [6, 6.07) is 7.75. The van der Waals surface area contributed by atoms with Crippen LogP contribution in [0, 0.1) is 0 Å². The van der Waals surface area contributed by atoms with Crippen LogP contribution in [0.25, 0.3) is 10.4 Å². The molecule has 21 heavy (non-hydrogen) atoms. The van der Waals surface area contributed by atoms with E-state index in [1.165, 1.54) is 0 Å². The Balaban J connectivity index is 2.24. The Kier molecular flexibility index (Phi) is 4.83. The number of nitrogens with one attached hydrogen (secondary N) is 1. The lowest BCUT2D eigenvalue weighted by molar-refractivity contribution is -0.146. The Labute approximate surface area is 123 Å². The van der Waals surface area contributed by atoms with Crippen molar-refractivity contribution < 1.29 is 9.90 Å². The number of azide groups is 1. The van der Waals surface area contributed by atoms with Crippen LogP contribution in [0.15, 0.2) is 29.4 Å². The number of hydrogen-bond acceptors (Lipinski definition) is 3. The van der Waals surface area contributed by atoms with Crippen LogP contribution >= 0.6 is 0 Å². The van der Waals surface area contributed by atoms with Gasteiger partial charge in [0, 0.05) is 11.5 Å². The Morgan fingerprint density at radius 1 is 1.57 bits per heavy atom. The smallest absolute Gasteiger partial charge is 0.328 e. The molecule has 0 saturated carbocycles. The SMILES string of the molecule is CC1CCC(NCCCN=[N+]=[N-])(C(=O)O)c2ccccc21. The predicted octanol–water partition coefficient (Wildman–Crippen LogP) is 3.15. The summed E-state index contributed by atoms with van der Waals surface area (Å²) in [5, 5.41) is 16.4. The molecule has 6 nitrogen and oxygen atoms in total. The number of hydrogen-bond donors (Lipinski definition) is 2. The van der Waals surface area contributed by atoms with E-state index in [0.29, 0.717) is 31.8 Å². The van der Waals surface area contributed by atoms with Crippen LogP contribution in [0.5, 0.6) is 0 Å². The molecule has 112 valence electrons. The Hall–Kier alpha value is -2.04. The van der Waals surface area contributed by atoms with E-state index in [1.807, 2.05) is 24.3 Å². The van der Waals surface area contributed by atoms with E-state index in [-0.39, 0.29) is 0 Å². The zero-order chi connectivity index (χ0) is 15.3. The number of rotatable bonds is 6. The van der Waals surface area contributed by atoms with Crippen LogP contribution in [0.3, 0.4) is 0 Å². The second-order valence-corrected chi connectivity index (χ2v) is 5.47. The number of benzene rings is 1. The Morgan fingerprint density at radius 3 is 3.05 bits per heavy atom. The van der Waals surface area contributed by atoms with Gasteiger partial charge in [0.15, 0.2) is 0 Å². The van der Waals surface area contributed by atoms with Crippen molar-refractivity contribution in [3.05, 3.63) is 45.8 Å². The highest BCUT2D eigenvalue weighted by Crippen LogP contribution is 2.41. The van der Waals surface area contributed by atoms with Gasteiger partial charge in [-0.3, -0.25) is 5.32 Å². The van der Waals surface area contributed by atoms with Gasteiger partial charge >= 0.3 is 5.97 Å². The molecule has 0 bridgehead atoms. The fourth-order valence-electron chi connectivity index (χ4n) is 3.02. The lowest BCUT2D eigenvalue weighted by Crippen LogP contribution is -2.52. The maximum Gasteiger partial charge on any atom is 0.328 e. The monoisotopic (exact) mass is 288 g/mol. The second kappa shape index (κ2) is 6.61. The molecular formula is C15H20N4O2. The van der Waals surface area contributed by atoms with Crippen molar-refractivity contribution in [2.45, 2.75) is 37.6 Å². The summed E-state index contributed by atoms with van der Waals surface area (Å²) in [4.78, 5) is 14.6. The second-order valence-electron chi connectivity index (χ2n) is 5.47. The fourth-order valence-corrected chi connectivity index (χ4v) is 3.02. The van der Waals surface area contributed by atoms with Gasteiger partial charge < -0.3 is 5.11 Å². The van der Waals surface area contributed by atoms with E-state index in [9.17, 15) is 9.90 Å². The molecule has 0 aliphatic heterocycles. The van der Waals surface area contributed by atoms with Crippen molar-refractivity contribution in [2.24, 2.45) is 5.11 Å². The molecule has 0 spiro atoms. The van der Waals surface area contributed by atoms with Crippen molar-refractivity contribution >= 4 is 5.97 Å². The zero-order valence-electron chi connectivity index (χ0n) is 12.1. The van der Waals surface area contributed by atoms with E-state index in [2.05, 4.69) is 22.3 Å². The zero-order valence-corrected chi connectivity index (χ0v) is 12.1. The van der Waals surface area contributed by atoms with Crippen LogP contribution in [0.2, 0.25) is 0 Å². The average molecular weight is 288 g/mol. The van der Waals surface area contributed by atoms with E-state index in [4.69, 9.17) is 5.53 Å². The van der Waals surface area contributed by atoms with Gasteiger partial charge in [0.2, 0.25) is 0 Å². The van der Waals surface area contributed by atoms with E-state index >= 15 is 0 Å². The van der Waals surface area contributed by atoms with Gasteiger partial charge in [-0.25, -0.2) is 4.79 Å². The molecule has 2 atom stereocenters. The minimum absolute atomic E-state index is 0.372. The molecule has 1 aromatic rings. The summed E-state index contributed by atoms with van der Waals surface area (Å²) < 4.78 is 0. The van der Waals surface area contributed by atoms with Crippen molar-refractivity contribution in [3.8, 4) is 0 Å². The van der Waals surface area contributed by atoms with Crippen LogP contribution in [0.4, 0.5) is 0 Å². The Morgan fingerprint density at radius 2 is 2.33 bits per heavy atom. The predicted molar refractivity (Wildman–Crippen MR) is 80.0 cm³/mol. The van der Waals surface area contributed by atoms with Gasteiger partial charge in [-0.05, 0) is 48.4 Å². The molecule has 2 N–H and O–H groups in total. The molecule has 0 amide bonds.